The van der Waals surface area contributed by atoms with Crippen LogP contribution in [0.4, 0.5) is 21.0 Å². The Bertz CT molecular complexity index is 1010. The number of hydrogen-bond donors (Lipinski definition) is 4. The van der Waals surface area contributed by atoms with Crippen molar-refractivity contribution in [3.8, 4) is 0 Å². The van der Waals surface area contributed by atoms with Gasteiger partial charge in [-0.2, -0.15) is 0 Å². The first-order valence-electron chi connectivity index (χ1n) is 10.6. The van der Waals surface area contributed by atoms with Gasteiger partial charge in [-0.3, -0.25) is 10.1 Å². The summed E-state index contributed by atoms with van der Waals surface area (Å²) in [4.78, 5) is 35.6. The minimum atomic E-state index is -1.02. The smallest absolute Gasteiger partial charge is 0.412 e. The molecule has 2 aromatic carbocycles. The molecule has 3 amide bonds. The fourth-order valence-electron chi connectivity index (χ4n) is 3.81. The lowest BCUT2D eigenvalue weighted by molar-refractivity contribution is 0.0635. The fraction of sp³-hybridized carbons (Fsp3) is 0.375. The summed E-state index contributed by atoms with van der Waals surface area (Å²) in [7, 11) is 0. The molecule has 0 saturated carbocycles. The predicted molar refractivity (Wildman–Crippen MR) is 122 cm³/mol. The summed E-state index contributed by atoms with van der Waals surface area (Å²) in [5.41, 5.74) is 3.09. The van der Waals surface area contributed by atoms with E-state index in [9.17, 15) is 14.4 Å². The third-order valence-electron chi connectivity index (χ3n) is 5.19. The van der Waals surface area contributed by atoms with E-state index in [2.05, 4.69) is 16.0 Å². The summed E-state index contributed by atoms with van der Waals surface area (Å²) >= 11 is 0. The first kappa shape index (κ1) is 23.1. The van der Waals surface area contributed by atoms with Gasteiger partial charge in [-0.25, -0.2) is 9.59 Å². The number of hydrogen-bond acceptors (Lipinski definition) is 4. The van der Waals surface area contributed by atoms with Crippen molar-refractivity contribution in [2.75, 3.05) is 17.2 Å². The minimum absolute atomic E-state index is 0.276. The Morgan fingerprint density at radius 1 is 1.06 bits per heavy atom. The SMILES string of the molecule is CC(C)(C)OC(=O)Nc1ccccc1NC(=O)c1ccc2c(c1)CCC2CCNC(=O)O. The van der Waals surface area contributed by atoms with E-state index in [0.717, 1.165) is 24.8 Å². The lowest BCUT2D eigenvalue weighted by Gasteiger charge is -2.20. The number of carbonyl (C=O) groups excluding carboxylic acids is 2. The lowest BCUT2D eigenvalue weighted by atomic mass is 9.96. The maximum Gasteiger partial charge on any atom is 0.412 e. The zero-order valence-corrected chi connectivity index (χ0v) is 18.5. The van der Waals surface area contributed by atoms with Gasteiger partial charge in [0.05, 0.1) is 11.4 Å². The summed E-state index contributed by atoms with van der Waals surface area (Å²) in [5.74, 6) is 0.00921. The first-order chi connectivity index (χ1) is 15.1. The normalized spacial score (nSPS) is 14.9. The molecule has 2 aromatic rings. The van der Waals surface area contributed by atoms with Crippen molar-refractivity contribution in [3.63, 3.8) is 0 Å². The topological polar surface area (TPSA) is 117 Å². The molecule has 3 rings (SSSR count). The second-order valence-electron chi connectivity index (χ2n) is 8.80. The quantitative estimate of drug-likeness (QED) is 0.507. The molecule has 0 spiro atoms. The number of rotatable bonds is 6. The van der Waals surface area contributed by atoms with Gasteiger partial charge in [-0.05, 0) is 81.3 Å². The highest BCUT2D eigenvalue weighted by Gasteiger charge is 2.24. The molecule has 0 heterocycles. The molecule has 1 atom stereocenters. The summed E-state index contributed by atoms with van der Waals surface area (Å²) in [5, 5.41) is 16.7. The van der Waals surface area contributed by atoms with Crippen LogP contribution in [0.5, 0.6) is 0 Å². The number of carbonyl (C=O) groups is 3. The van der Waals surface area contributed by atoms with Crippen molar-refractivity contribution in [3.05, 3.63) is 59.2 Å². The van der Waals surface area contributed by atoms with E-state index in [-0.39, 0.29) is 11.8 Å². The second kappa shape index (κ2) is 9.72. The third-order valence-corrected chi connectivity index (χ3v) is 5.19. The van der Waals surface area contributed by atoms with Gasteiger partial charge in [-0.15, -0.1) is 0 Å². The number of fused-ring (bicyclic) bond motifs is 1. The van der Waals surface area contributed by atoms with Crippen molar-refractivity contribution in [2.45, 2.75) is 51.6 Å². The number of amides is 3. The molecule has 0 aromatic heterocycles. The van der Waals surface area contributed by atoms with Crippen LogP contribution in [0, 0.1) is 0 Å². The highest BCUT2D eigenvalue weighted by molar-refractivity contribution is 6.07. The van der Waals surface area contributed by atoms with Crippen LogP contribution < -0.4 is 16.0 Å². The standard InChI is InChI=1S/C24H29N3O5/c1-24(2,3)32-23(31)27-20-7-5-4-6-19(20)26-21(28)17-10-11-18-15(8-9-16(18)14-17)12-13-25-22(29)30/h4-7,10-11,14-15,25H,8-9,12-13H2,1-3H3,(H,26,28)(H,27,31)(H,29,30). The predicted octanol–water partition coefficient (Wildman–Crippen LogP) is 4.97. The number of ether oxygens (including phenoxy) is 1. The van der Waals surface area contributed by atoms with Gasteiger partial charge in [-0.1, -0.05) is 18.2 Å². The maximum atomic E-state index is 12.9. The molecule has 0 aliphatic heterocycles. The van der Waals surface area contributed by atoms with Gasteiger partial charge < -0.3 is 20.5 Å². The van der Waals surface area contributed by atoms with E-state index in [4.69, 9.17) is 9.84 Å². The molecule has 170 valence electrons. The third kappa shape index (κ3) is 6.23. The molecular weight excluding hydrogens is 410 g/mol. The van der Waals surface area contributed by atoms with Crippen molar-refractivity contribution >= 4 is 29.5 Å². The van der Waals surface area contributed by atoms with Crippen molar-refractivity contribution < 1.29 is 24.2 Å². The van der Waals surface area contributed by atoms with E-state index in [1.54, 1.807) is 51.1 Å². The van der Waals surface area contributed by atoms with Gasteiger partial charge in [0.2, 0.25) is 0 Å². The molecule has 0 saturated heterocycles. The summed E-state index contributed by atoms with van der Waals surface area (Å²) < 4.78 is 5.29. The van der Waals surface area contributed by atoms with E-state index >= 15 is 0 Å². The maximum absolute atomic E-state index is 12.9. The van der Waals surface area contributed by atoms with Crippen LogP contribution >= 0.6 is 0 Å². The number of nitrogens with one attached hydrogen (secondary N) is 3. The Balaban J connectivity index is 1.67. The van der Waals surface area contributed by atoms with Crippen LogP contribution in [0.1, 0.15) is 61.0 Å². The molecule has 1 unspecified atom stereocenters. The molecule has 0 radical (unpaired) electrons. The number of anilines is 2. The van der Waals surface area contributed by atoms with Gasteiger partial charge >= 0.3 is 12.2 Å². The van der Waals surface area contributed by atoms with E-state index < -0.39 is 17.8 Å². The highest BCUT2D eigenvalue weighted by atomic mass is 16.6. The second-order valence-corrected chi connectivity index (χ2v) is 8.80. The number of carboxylic acid groups (broad SMARTS) is 1. The lowest BCUT2D eigenvalue weighted by Crippen LogP contribution is -2.27. The molecule has 8 heteroatoms. The number of para-hydroxylation sites is 2. The Kier molecular flexibility index (Phi) is 7.02. The molecular formula is C24H29N3O5. The van der Waals surface area contributed by atoms with Gasteiger partial charge in [0.25, 0.3) is 5.91 Å². The zero-order chi connectivity index (χ0) is 23.3. The summed E-state index contributed by atoms with van der Waals surface area (Å²) in [6.45, 7) is 5.74. The van der Waals surface area contributed by atoms with E-state index in [0.29, 0.717) is 23.5 Å². The van der Waals surface area contributed by atoms with Crippen molar-refractivity contribution in [1.82, 2.24) is 5.32 Å². The molecule has 8 nitrogen and oxygen atoms in total. The van der Waals surface area contributed by atoms with Crippen LogP contribution in [0.3, 0.4) is 0 Å². The Morgan fingerprint density at radius 3 is 2.41 bits per heavy atom. The van der Waals surface area contributed by atoms with Crippen LogP contribution in [-0.2, 0) is 11.2 Å². The van der Waals surface area contributed by atoms with Gasteiger partial charge in [0, 0.05) is 12.1 Å². The zero-order valence-electron chi connectivity index (χ0n) is 18.5. The van der Waals surface area contributed by atoms with Crippen LogP contribution in [0.2, 0.25) is 0 Å². The molecule has 0 bridgehead atoms. The first-order valence-corrected chi connectivity index (χ1v) is 10.6. The van der Waals surface area contributed by atoms with Crippen LogP contribution in [-0.4, -0.2) is 35.3 Å². The largest absolute Gasteiger partial charge is 0.465 e. The minimum Gasteiger partial charge on any atom is -0.465 e. The summed E-state index contributed by atoms with van der Waals surface area (Å²) in [6, 6.07) is 12.6. The fourth-order valence-corrected chi connectivity index (χ4v) is 3.81. The molecule has 32 heavy (non-hydrogen) atoms. The Hall–Kier alpha value is -3.55. The average molecular weight is 440 g/mol. The Morgan fingerprint density at radius 2 is 1.75 bits per heavy atom. The Labute approximate surface area is 187 Å². The average Bonchev–Trinajstić information content (AvgIpc) is 3.10. The molecule has 1 aliphatic carbocycles. The van der Waals surface area contributed by atoms with Crippen LogP contribution in [0.15, 0.2) is 42.5 Å². The molecule has 0 fully saturated rings. The van der Waals surface area contributed by atoms with Crippen molar-refractivity contribution in [1.29, 1.82) is 0 Å². The van der Waals surface area contributed by atoms with Crippen molar-refractivity contribution in [2.24, 2.45) is 0 Å². The monoisotopic (exact) mass is 439 g/mol. The highest BCUT2D eigenvalue weighted by Crippen LogP contribution is 2.36. The van der Waals surface area contributed by atoms with Gasteiger partial charge in [0.1, 0.15) is 5.60 Å². The molecule has 4 N–H and O–H groups in total. The van der Waals surface area contributed by atoms with Gasteiger partial charge in [0.15, 0.2) is 0 Å². The number of benzene rings is 2. The van der Waals surface area contributed by atoms with Crippen LogP contribution in [0.25, 0.3) is 0 Å². The molecule has 1 aliphatic rings. The van der Waals surface area contributed by atoms with E-state index in [1.807, 2.05) is 12.1 Å². The number of aryl methyl sites for hydroxylation is 1. The summed E-state index contributed by atoms with van der Waals surface area (Å²) in [6.07, 6.45) is 0.904. The van der Waals surface area contributed by atoms with E-state index in [1.165, 1.54) is 5.56 Å².